The first kappa shape index (κ1) is 21.0. The van der Waals surface area contributed by atoms with Crippen molar-refractivity contribution < 1.29 is 14.3 Å². The van der Waals surface area contributed by atoms with Crippen LogP contribution in [-0.4, -0.2) is 55.0 Å². The summed E-state index contributed by atoms with van der Waals surface area (Å²) in [5.41, 5.74) is 6.56. The summed E-state index contributed by atoms with van der Waals surface area (Å²) in [4.78, 5) is 27.1. The van der Waals surface area contributed by atoms with Crippen LogP contribution in [-0.2, 0) is 20.9 Å². The predicted octanol–water partition coefficient (Wildman–Crippen LogP) is 1.87. The number of benzene rings is 1. The number of nitrogens with zero attached hydrogens (tertiary/aromatic N) is 1. The molecule has 6 heteroatoms. The maximum atomic E-state index is 12.8. The Bertz CT molecular complexity index is 656. The summed E-state index contributed by atoms with van der Waals surface area (Å²) in [5.74, 6) is -0.0131. The van der Waals surface area contributed by atoms with Gasteiger partial charge in [-0.05, 0) is 37.7 Å². The summed E-state index contributed by atoms with van der Waals surface area (Å²) in [5, 5.41) is 3.46. The van der Waals surface area contributed by atoms with Crippen molar-refractivity contribution in [3.63, 3.8) is 0 Å². The topological polar surface area (TPSA) is 84.7 Å². The van der Waals surface area contributed by atoms with Crippen molar-refractivity contribution in [2.24, 2.45) is 11.7 Å². The quantitative estimate of drug-likeness (QED) is 0.695. The average Bonchev–Trinajstić information content (AvgIpc) is 2.73. The molecule has 1 saturated carbocycles. The number of ketones is 1. The van der Waals surface area contributed by atoms with Crippen LogP contribution < -0.4 is 11.1 Å². The van der Waals surface area contributed by atoms with Crippen LogP contribution in [0.2, 0.25) is 0 Å². The number of Topliss-reactive ketones (excluding diaryl/α,β-unsaturated/α-hetero) is 1. The van der Waals surface area contributed by atoms with Gasteiger partial charge in [-0.1, -0.05) is 30.3 Å². The number of carbonyl (C=O) groups excluding carboxylic acids is 2. The molecule has 0 bridgehead atoms. The third kappa shape index (κ3) is 5.19. The van der Waals surface area contributed by atoms with Crippen LogP contribution in [0, 0.1) is 5.92 Å². The third-order valence-electron chi connectivity index (χ3n) is 6.35. The van der Waals surface area contributed by atoms with Gasteiger partial charge in [-0.2, -0.15) is 0 Å². The molecular weight excluding hydrogens is 354 g/mol. The Labute approximate surface area is 167 Å². The van der Waals surface area contributed by atoms with Gasteiger partial charge in [-0.15, -0.1) is 0 Å². The minimum absolute atomic E-state index is 0.0282. The zero-order valence-electron chi connectivity index (χ0n) is 16.9. The molecule has 3 rings (SSSR count). The minimum atomic E-state index is -0.911. The van der Waals surface area contributed by atoms with E-state index in [4.69, 9.17) is 10.5 Å². The van der Waals surface area contributed by atoms with Crippen molar-refractivity contribution in [2.45, 2.75) is 56.7 Å². The Balaban J connectivity index is 1.48. The fraction of sp³-hybridized carbons (Fsp3) is 0.636. The van der Waals surface area contributed by atoms with E-state index in [1.54, 1.807) is 0 Å². The number of carbonyl (C=O) groups is 2. The van der Waals surface area contributed by atoms with Gasteiger partial charge in [0.1, 0.15) is 11.3 Å². The number of ether oxygens (including phenoxy) is 1. The molecule has 0 amide bonds. The van der Waals surface area contributed by atoms with Crippen molar-refractivity contribution in [1.82, 2.24) is 10.2 Å². The van der Waals surface area contributed by atoms with Gasteiger partial charge in [-0.3, -0.25) is 14.5 Å². The maximum Gasteiger partial charge on any atom is 0.325 e. The minimum Gasteiger partial charge on any atom is -0.468 e. The van der Waals surface area contributed by atoms with E-state index in [1.165, 1.54) is 12.7 Å². The lowest BCUT2D eigenvalue weighted by Crippen LogP contribution is -2.52. The molecule has 0 unspecified atom stereocenters. The molecule has 1 aromatic carbocycles. The van der Waals surface area contributed by atoms with Gasteiger partial charge in [0, 0.05) is 44.6 Å². The summed E-state index contributed by atoms with van der Waals surface area (Å²) in [6.07, 6.45) is 3.89. The highest BCUT2D eigenvalue weighted by Gasteiger charge is 2.40. The maximum absolute atomic E-state index is 12.8. The highest BCUT2D eigenvalue weighted by molar-refractivity contribution is 5.83. The second-order valence-corrected chi connectivity index (χ2v) is 8.24. The lowest BCUT2D eigenvalue weighted by molar-refractivity contribution is -0.149. The van der Waals surface area contributed by atoms with Gasteiger partial charge in [0.05, 0.1) is 7.11 Å². The van der Waals surface area contributed by atoms with E-state index in [-0.39, 0.29) is 11.9 Å². The smallest absolute Gasteiger partial charge is 0.325 e. The first-order chi connectivity index (χ1) is 13.5. The normalized spacial score (nSPS) is 28.6. The molecule has 1 aliphatic carbocycles. The molecule has 1 aliphatic heterocycles. The predicted molar refractivity (Wildman–Crippen MR) is 109 cm³/mol. The van der Waals surface area contributed by atoms with Gasteiger partial charge in [0.15, 0.2) is 0 Å². The van der Waals surface area contributed by atoms with E-state index in [1.807, 2.05) is 6.07 Å². The Morgan fingerprint density at radius 2 is 1.96 bits per heavy atom. The molecule has 154 valence electrons. The molecule has 1 saturated heterocycles. The average molecular weight is 388 g/mol. The molecular formula is C22H33N3O3. The lowest BCUT2D eigenvalue weighted by atomic mass is 9.75. The first-order valence-electron chi connectivity index (χ1n) is 10.4. The summed E-state index contributed by atoms with van der Waals surface area (Å²) >= 11 is 0. The Morgan fingerprint density at radius 1 is 1.25 bits per heavy atom. The van der Waals surface area contributed by atoms with Gasteiger partial charge in [-0.25, -0.2) is 0 Å². The van der Waals surface area contributed by atoms with Crippen LogP contribution in [0.15, 0.2) is 30.3 Å². The van der Waals surface area contributed by atoms with Crippen molar-refractivity contribution in [3.8, 4) is 0 Å². The molecule has 6 nitrogen and oxygen atoms in total. The van der Waals surface area contributed by atoms with Crippen LogP contribution in [0.5, 0.6) is 0 Å². The van der Waals surface area contributed by atoms with Gasteiger partial charge in [0.2, 0.25) is 0 Å². The van der Waals surface area contributed by atoms with E-state index in [2.05, 4.69) is 34.5 Å². The number of esters is 1. The molecule has 0 aromatic heterocycles. The number of hydrogen-bond acceptors (Lipinski definition) is 6. The van der Waals surface area contributed by atoms with Crippen molar-refractivity contribution in [1.29, 1.82) is 0 Å². The molecule has 3 N–H and O–H groups in total. The molecule has 1 atom stereocenters. The number of piperazine rings is 1. The number of nitrogens with one attached hydrogen (secondary N) is 1. The molecule has 0 spiro atoms. The van der Waals surface area contributed by atoms with E-state index in [0.29, 0.717) is 43.9 Å². The van der Waals surface area contributed by atoms with Crippen LogP contribution in [0.4, 0.5) is 0 Å². The molecule has 1 aromatic rings. The number of methoxy groups -OCH3 is 1. The van der Waals surface area contributed by atoms with E-state index < -0.39 is 5.54 Å². The van der Waals surface area contributed by atoms with Crippen LogP contribution in [0.25, 0.3) is 0 Å². The number of hydrogen-bond donors (Lipinski definition) is 2. The fourth-order valence-corrected chi connectivity index (χ4v) is 4.49. The van der Waals surface area contributed by atoms with E-state index in [0.717, 1.165) is 32.6 Å². The van der Waals surface area contributed by atoms with Crippen molar-refractivity contribution in [3.05, 3.63) is 35.9 Å². The van der Waals surface area contributed by atoms with Gasteiger partial charge in [0.25, 0.3) is 0 Å². The zero-order valence-corrected chi connectivity index (χ0v) is 16.9. The van der Waals surface area contributed by atoms with Crippen LogP contribution in [0.1, 0.15) is 44.1 Å². The van der Waals surface area contributed by atoms with Crippen LogP contribution >= 0.6 is 0 Å². The summed E-state index contributed by atoms with van der Waals surface area (Å²) < 4.78 is 4.81. The molecule has 0 radical (unpaired) electrons. The largest absolute Gasteiger partial charge is 0.468 e. The molecule has 1 heterocycles. The Hall–Kier alpha value is -1.76. The SMILES string of the molecule is COC(=O)[C@]1(N)CC[C@@H](C(=O)CC[C@H]2CNCCN2Cc2ccccc2)CC1. The zero-order chi connectivity index (χ0) is 20.0. The second kappa shape index (κ2) is 9.63. The highest BCUT2D eigenvalue weighted by Crippen LogP contribution is 2.33. The molecule has 2 aliphatic rings. The second-order valence-electron chi connectivity index (χ2n) is 8.24. The Kier molecular flexibility index (Phi) is 7.21. The highest BCUT2D eigenvalue weighted by atomic mass is 16.5. The summed E-state index contributed by atoms with van der Waals surface area (Å²) in [7, 11) is 1.37. The summed E-state index contributed by atoms with van der Waals surface area (Å²) in [6.45, 7) is 3.86. The van der Waals surface area contributed by atoms with Gasteiger partial charge < -0.3 is 15.8 Å². The first-order valence-corrected chi connectivity index (χ1v) is 10.4. The molecule has 2 fully saturated rings. The monoisotopic (exact) mass is 387 g/mol. The Morgan fingerprint density at radius 3 is 2.64 bits per heavy atom. The van der Waals surface area contributed by atoms with Gasteiger partial charge >= 0.3 is 5.97 Å². The number of rotatable bonds is 7. The van der Waals surface area contributed by atoms with Crippen molar-refractivity contribution >= 4 is 11.8 Å². The standard InChI is InChI=1S/C22H33N3O3/c1-28-21(27)22(23)11-9-18(10-12-22)20(26)8-7-19-15-24-13-14-25(19)16-17-5-3-2-4-6-17/h2-6,18-19,24H,7-16,23H2,1H3/t18-,19-,22+/m0/s1. The molecule has 28 heavy (non-hydrogen) atoms. The third-order valence-corrected chi connectivity index (χ3v) is 6.35. The summed E-state index contributed by atoms with van der Waals surface area (Å²) in [6, 6.07) is 10.9. The number of nitrogens with two attached hydrogens (primary N) is 1. The van der Waals surface area contributed by atoms with E-state index in [9.17, 15) is 9.59 Å². The van der Waals surface area contributed by atoms with E-state index >= 15 is 0 Å². The van der Waals surface area contributed by atoms with Crippen molar-refractivity contribution in [2.75, 3.05) is 26.7 Å². The fourth-order valence-electron chi connectivity index (χ4n) is 4.49. The van der Waals surface area contributed by atoms with Crippen LogP contribution in [0.3, 0.4) is 0 Å². The lowest BCUT2D eigenvalue weighted by Gasteiger charge is -2.37.